The highest BCUT2D eigenvalue weighted by Gasteiger charge is 2.31. The number of aromatic nitrogens is 6. The van der Waals surface area contributed by atoms with Gasteiger partial charge in [-0.3, -0.25) is 19.3 Å². The molecule has 0 saturated heterocycles. The summed E-state index contributed by atoms with van der Waals surface area (Å²) in [5.41, 5.74) is 2.50. The van der Waals surface area contributed by atoms with E-state index in [0.29, 0.717) is 40.7 Å². The van der Waals surface area contributed by atoms with E-state index in [-0.39, 0.29) is 5.82 Å². The normalized spacial score (nSPS) is 15.5. The van der Waals surface area contributed by atoms with Crippen molar-refractivity contribution >= 4 is 28.8 Å². The smallest absolute Gasteiger partial charge is 0.237 e. The van der Waals surface area contributed by atoms with Crippen LogP contribution in [-0.2, 0) is 11.3 Å². The third-order valence-electron chi connectivity index (χ3n) is 4.47. The number of carbonyl (C=O) groups is 1. The van der Waals surface area contributed by atoms with Crippen LogP contribution < -0.4 is 10.2 Å². The predicted octanol–water partition coefficient (Wildman–Crippen LogP) is 1.70. The molecule has 10 heteroatoms. The molecule has 0 bridgehead atoms. The first-order chi connectivity index (χ1) is 13.7. The molecule has 0 fully saturated rings. The van der Waals surface area contributed by atoms with E-state index in [9.17, 15) is 9.18 Å². The number of fused-ring (bicyclic) bond motifs is 2. The van der Waals surface area contributed by atoms with Gasteiger partial charge in [-0.15, -0.1) is 0 Å². The molecule has 1 N–H and O–H groups in total. The van der Waals surface area contributed by atoms with Crippen molar-refractivity contribution in [3.8, 4) is 5.95 Å². The number of carbonyl (C=O) groups excluding carboxylic acids is 1. The Kier molecular flexibility index (Phi) is 3.68. The summed E-state index contributed by atoms with van der Waals surface area (Å²) in [6.45, 7) is 0.340. The summed E-state index contributed by atoms with van der Waals surface area (Å²) in [6, 6.07) is 4.33. The minimum atomic E-state index is -0.599. The van der Waals surface area contributed by atoms with E-state index in [4.69, 9.17) is 0 Å². The van der Waals surface area contributed by atoms with Gasteiger partial charge in [0, 0.05) is 18.5 Å². The number of aldehydes is 1. The van der Waals surface area contributed by atoms with Crippen LogP contribution in [0.3, 0.4) is 0 Å². The van der Waals surface area contributed by atoms with Gasteiger partial charge < -0.3 is 10.2 Å². The van der Waals surface area contributed by atoms with Crippen molar-refractivity contribution in [1.29, 1.82) is 0 Å². The van der Waals surface area contributed by atoms with Crippen LogP contribution in [0.2, 0.25) is 0 Å². The first kappa shape index (κ1) is 16.2. The molecule has 0 spiro atoms. The molecule has 1 aliphatic heterocycles. The van der Waals surface area contributed by atoms with Crippen LogP contribution in [0.15, 0.2) is 49.3 Å². The second-order valence-electron chi connectivity index (χ2n) is 6.20. The minimum Gasteiger partial charge on any atom is -0.355 e. The summed E-state index contributed by atoms with van der Waals surface area (Å²) in [4.78, 5) is 34.8. The number of nitrogens with one attached hydrogen (secondary N) is 1. The third kappa shape index (κ3) is 2.62. The van der Waals surface area contributed by atoms with Gasteiger partial charge >= 0.3 is 0 Å². The number of halogens is 1. The molecule has 1 aromatic carbocycles. The Bertz CT molecular complexity index is 1180. The van der Waals surface area contributed by atoms with Gasteiger partial charge in [0.15, 0.2) is 18.3 Å². The van der Waals surface area contributed by atoms with E-state index in [1.807, 2.05) is 0 Å². The van der Waals surface area contributed by atoms with Crippen LogP contribution in [0.4, 0.5) is 15.9 Å². The molecular weight excluding hydrogens is 363 g/mol. The highest BCUT2D eigenvalue weighted by molar-refractivity contribution is 5.82. The van der Waals surface area contributed by atoms with Crippen molar-refractivity contribution in [3.63, 3.8) is 0 Å². The quantitative estimate of drug-likeness (QED) is 0.537. The van der Waals surface area contributed by atoms with Gasteiger partial charge in [0.2, 0.25) is 5.95 Å². The summed E-state index contributed by atoms with van der Waals surface area (Å²) in [5.74, 6) is 0.498. The number of hydrogen-bond acceptors (Lipinski definition) is 8. The Balaban J connectivity index is 1.58. The molecule has 1 atom stereocenters. The number of benzene rings is 1. The van der Waals surface area contributed by atoms with Crippen LogP contribution in [0.1, 0.15) is 5.69 Å². The summed E-state index contributed by atoms with van der Waals surface area (Å²) in [5, 5.41) is 3.07. The molecule has 9 nitrogen and oxygen atoms in total. The SMILES string of the molecule is O=CC1Nc2cnc(-n3cnc4ccc(F)cc43)nc2N1Cc1cnccn1. The van der Waals surface area contributed by atoms with Crippen molar-refractivity contribution in [2.24, 2.45) is 0 Å². The summed E-state index contributed by atoms with van der Waals surface area (Å²) >= 11 is 0. The zero-order valence-electron chi connectivity index (χ0n) is 14.4. The van der Waals surface area contributed by atoms with Gasteiger partial charge in [0.05, 0.1) is 41.4 Å². The van der Waals surface area contributed by atoms with Gasteiger partial charge in [-0.25, -0.2) is 14.4 Å². The molecule has 4 aromatic rings. The zero-order chi connectivity index (χ0) is 19.1. The van der Waals surface area contributed by atoms with E-state index in [1.54, 1.807) is 46.6 Å². The Hall–Kier alpha value is -3.95. The van der Waals surface area contributed by atoms with Gasteiger partial charge in [-0.1, -0.05) is 0 Å². The second kappa shape index (κ2) is 6.34. The van der Waals surface area contributed by atoms with E-state index in [1.165, 1.54) is 12.1 Å². The second-order valence-corrected chi connectivity index (χ2v) is 6.20. The lowest BCUT2D eigenvalue weighted by molar-refractivity contribution is -0.108. The Morgan fingerprint density at radius 2 is 2.11 bits per heavy atom. The van der Waals surface area contributed by atoms with Crippen molar-refractivity contribution in [3.05, 3.63) is 60.8 Å². The average molecular weight is 376 g/mol. The Morgan fingerprint density at radius 3 is 2.93 bits per heavy atom. The van der Waals surface area contributed by atoms with E-state index >= 15 is 0 Å². The summed E-state index contributed by atoms with van der Waals surface area (Å²) < 4.78 is 15.3. The van der Waals surface area contributed by atoms with E-state index in [0.717, 1.165) is 6.29 Å². The van der Waals surface area contributed by atoms with Crippen LogP contribution in [-0.4, -0.2) is 41.9 Å². The van der Waals surface area contributed by atoms with Crippen molar-refractivity contribution in [2.45, 2.75) is 12.7 Å². The maximum Gasteiger partial charge on any atom is 0.237 e. The van der Waals surface area contributed by atoms with Gasteiger partial charge in [0.1, 0.15) is 12.1 Å². The lowest BCUT2D eigenvalue weighted by Gasteiger charge is -2.21. The minimum absolute atomic E-state index is 0.323. The van der Waals surface area contributed by atoms with Crippen molar-refractivity contribution < 1.29 is 9.18 Å². The number of anilines is 2. The third-order valence-corrected chi connectivity index (χ3v) is 4.47. The van der Waals surface area contributed by atoms with Crippen LogP contribution in [0.25, 0.3) is 17.0 Å². The number of rotatable bonds is 4. The first-order valence-corrected chi connectivity index (χ1v) is 8.46. The maximum atomic E-state index is 13.7. The molecule has 0 amide bonds. The first-order valence-electron chi connectivity index (χ1n) is 8.46. The molecule has 0 radical (unpaired) electrons. The number of hydrogen-bond donors (Lipinski definition) is 1. The molecule has 138 valence electrons. The van der Waals surface area contributed by atoms with E-state index < -0.39 is 6.17 Å². The van der Waals surface area contributed by atoms with Crippen LogP contribution in [0.5, 0.6) is 0 Å². The standard InChI is InChI=1S/C18H13FN8O/c19-11-1-2-13-15(5-11)27(10-23-13)18-22-7-14-17(25-18)26(16(9-28)24-14)8-12-6-20-3-4-21-12/h1-7,9-10,16,24H,8H2. The van der Waals surface area contributed by atoms with Gasteiger partial charge in [-0.05, 0) is 12.1 Å². The lowest BCUT2D eigenvalue weighted by Crippen LogP contribution is -2.37. The molecule has 1 unspecified atom stereocenters. The van der Waals surface area contributed by atoms with Crippen LogP contribution >= 0.6 is 0 Å². The molecule has 5 rings (SSSR count). The topological polar surface area (TPSA) is 102 Å². The molecule has 3 aromatic heterocycles. The average Bonchev–Trinajstić information content (AvgIpc) is 3.29. The Morgan fingerprint density at radius 1 is 1.18 bits per heavy atom. The predicted molar refractivity (Wildman–Crippen MR) is 98.3 cm³/mol. The summed E-state index contributed by atoms with van der Waals surface area (Å²) in [7, 11) is 0. The molecular formula is C18H13FN8O. The monoisotopic (exact) mass is 376 g/mol. The molecule has 1 aliphatic rings. The number of imidazole rings is 1. The highest BCUT2D eigenvalue weighted by atomic mass is 19.1. The van der Waals surface area contributed by atoms with Crippen LogP contribution in [0, 0.1) is 5.82 Å². The maximum absolute atomic E-state index is 13.7. The van der Waals surface area contributed by atoms with Gasteiger partial charge in [-0.2, -0.15) is 4.98 Å². The fraction of sp³-hybridized carbons (Fsp3) is 0.111. The zero-order valence-corrected chi connectivity index (χ0v) is 14.4. The van der Waals surface area contributed by atoms with Crippen molar-refractivity contribution in [2.75, 3.05) is 10.2 Å². The fourth-order valence-electron chi connectivity index (χ4n) is 3.18. The largest absolute Gasteiger partial charge is 0.355 e. The molecule has 0 aliphatic carbocycles. The molecule has 0 saturated carbocycles. The van der Waals surface area contributed by atoms with Gasteiger partial charge in [0.25, 0.3) is 0 Å². The number of nitrogens with zero attached hydrogens (tertiary/aromatic N) is 7. The molecule has 28 heavy (non-hydrogen) atoms. The van der Waals surface area contributed by atoms with E-state index in [2.05, 4.69) is 30.2 Å². The lowest BCUT2D eigenvalue weighted by atomic mass is 10.3. The van der Waals surface area contributed by atoms with Crippen molar-refractivity contribution in [1.82, 2.24) is 29.5 Å². The Labute approximate surface area is 157 Å². The fourth-order valence-corrected chi connectivity index (χ4v) is 3.18. The molecule has 4 heterocycles. The summed E-state index contributed by atoms with van der Waals surface area (Å²) in [6.07, 6.45) is 8.13. The highest BCUT2D eigenvalue weighted by Crippen LogP contribution is 2.33.